The first-order chi connectivity index (χ1) is 9.37. The molecule has 1 N–H and O–H groups in total. The SMILES string of the molecule is Cc1ccc(C(=O)N2CCCCC2)cc1NS(C)(=O)=O. The van der Waals surface area contributed by atoms with Gasteiger partial charge in [0.25, 0.3) is 5.91 Å². The molecule has 1 heterocycles. The smallest absolute Gasteiger partial charge is 0.253 e. The van der Waals surface area contributed by atoms with Crippen molar-refractivity contribution in [3.8, 4) is 0 Å². The minimum Gasteiger partial charge on any atom is -0.339 e. The highest BCUT2D eigenvalue weighted by Crippen LogP contribution is 2.20. The van der Waals surface area contributed by atoms with Gasteiger partial charge in [-0.2, -0.15) is 0 Å². The van der Waals surface area contributed by atoms with E-state index in [4.69, 9.17) is 0 Å². The van der Waals surface area contributed by atoms with E-state index in [-0.39, 0.29) is 5.91 Å². The van der Waals surface area contributed by atoms with Crippen LogP contribution in [0.1, 0.15) is 35.2 Å². The van der Waals surface area contributed by atoms with Gasteiger partial charge in [-0.3, -0.25) is 9.52 Å². The van der Waals surface area contributed by atoms with Gasteiger partial charge in [-0.25, -0.2) is 8.42 Å². The van der Waals surface area contributed by atoms with E-state index in [0.717, 1.165) is 37.8 Å². The van der Waals surface area contributed by atoms with Gasteiger partial charge in [-0.15, -0.1) is 0 Å². The number of benzene rings is 1. The van der Waals surface area contributed by atoms with Crippen LogP contribution in [0.2, 0.25) is 0 Å². The zero-order valence-corrected chi connectivity index (χ0v) is 12.7. The number of carbonyl (C=O) groups is 1. The lowest BCUT2D eigenvalue weighted by Gasteiger charge is -2.27. The zero-order valence-electron chi connectivity index (χ0n) is 11.8. The van der Waals surface area contributed by atoms with Gasteiger partial charge in [-0.1, -0.05) is 6.07 Å². The highest BCUT2D eigenvalue weighted by Gasteiger charge is 2.19. The molecule has 0 unspecified atom stereocenters. The maximum atomic E-state index is 12.4. The van der Waals surface area contributed by atoms with E-state index in [1.807, 2.05) is 11.8 Å². The van der Waals surface area contributed by atoms with E-state index in [2.05, 4.69) is 4.72 Å². The lowest BCUT2D eigenvalue weighted by molar-refractivity contribution is 0.0724. The van der Waals surface area contributed by atoms with Crippen molar-refractivity contribution in [3.63, 3.8) is 0 Å². The summed E-state index contributed by atoms with van der Waals surface area (Å²) in [6, 6.07) is 5.14. The van der Waals surface area contributed by atoms with Crippen LogP contribution in [0.15, 0.2) is 18.2 Å². The molecule has 1 aliphatic heterocycles. The van der Waals surface area contributed by atoms with Crippen LogP contribution in [0.25, 0.3) is 0 Å². The second-order valence-corrected chi connectivity index (χ2v) is 7.01. The number of nitrogens with zero attached hydrogens (tertiary/aromatic N) is 1. The summed E-state index contributed by atoms with van der Waals surface area (Å²) < 4.78 is 25.1. The third-order valence-corrected chi connectivity index (χ3v) is 4.01. The largest absolute Gasteiger partial charge is 0.339 e. The fourth-order valence-electron chi connectivity index (χ4n) is 2.34. The highest BCUT2D eigenvalue weighted by molar-refractivity contribution is 7.92. The Morgan fingerprint density at radius 3 is 2.45 bits per heavy atom. The molecular weight excluding hydrogens is 276 g/mol. The Balaban J connectivity index is 2.24. The Labute approximate surface area is 120 Å². The summed E-state index contributed by atoms with van der Waals surface area (Å²) >= 11 is 0. The topological polar surface area (TPSA) is 66.5 Å². The molecule has 1 aliphatic rings. The van der Waals surface area contributed by atoms with Crippen LogP contribution in [0, 0.1) is 6.92 Å². The van der Waals surface area contributed by atoms with E-state index in [1.54, 1.807) is 18.2 Å². The summed E-state index contributed by atoms with van der Waals surface area (Å²) in [6.45, 7) is 3.37. The van der Waals surface area contributed by atoms with Crippen molar-refractivity contribution < 1.29 is 13.2 Å². The van der Waals surface area contributed by atoms with Crippen LogP contribution in [0.3, 0.4) is 0 Å². The highest BCUT2D eigenvalue weighted by atomic mass is 32.2. The predicted octanol–water partition coefficient (Wildman–Crippen LogP) is 1.99. The second-order valence-electron chi connectivity index (χ2n) is 5.26. The van der Waals surface area contributed by atoms with Crippen molar-refractivity contribution in [2.45, 2.75) is 26.2 Å². The van der Waals surface area contributed by atoms with E-state index >= 15 is 0 Å². The minimum atomic E-state index is -3.34. The molecule has 1 fully saturated rings. The molecule has 0 aromatic heterocycles. The standard InChI is InChI=1S/C14H20N2O3S/c1-11-6-7-12(10-13(11)15-20(2,18)19)14(17)16-8-4-3-5-9-16/h6-7,10,15H,3-5,8-9H2,1-2H3. The zero-order chi connectivity index (χ0) is 14.8. The Morgan fingerprint density at radius 1 is 1.20 bits per heavy atom. The summed E-state index contributed by atoms with van der Waals surface area (Å²) in [7, 11) is -3.34. The molecule has 5 nitrogen and oxygen atoms in total. The van der Waals surface area contributed by atoms with Crippen LogP contribution >= 0.6 is 0 Å². The third-order valence-electron chi connectivity index (χ3n) is 3.42. The molecule has 1 saturated heterocycles. The number of nitrogens with one attached hydrogen (secondary N) is 1. The Morgan fingerprint density at radius 2 is 1.85 bits per heavy atom. The van der Waals surface area contributed by atoms with Crippen LogP contribution < -0.4 is 4.72 Å². The number of anilines is 1. The van der Waals surface area contributed by atoms with E-state index in [0.29, 0.717) is 11.3 Å². The summed E-state index contributed by atoms with van der Waals surface area (Å²) in [5.74, 6) is -0.0266. The quantitative estimate of drug-likeness (QED) is 0.927. The average Bonchev–Trinajstić information content (AvgIpc) is 2.40. The van der Waals surface area contributed by atoms with Crippen molar-refractivity contribution in [3.05, 3.63) is 29.3 Å². The number of piperidine rings is 1. The molecule has 2 rings (SSSR count). The number of sulfonamides is 1. The molecule has 0 spiro atoms. The van der Waals surface area contributed by atoms with Gasteiger partial charge < -0.3 is 4.90 Å². The van der Waals surface area contributed by atoms with Gasteiger partial charge in [-0.05, 0) is 43.9 Å². The van der Waals surface area contributed by atoms with Gasteiger partial charge in [0.1, 0.15) is 0 Å². The molecule has 0 bridgehead atoms. The normalized spacial score (nSPS) is 16.0. The molecule has 0 radical (unpaired) electrons. The number of amides is 1. The fourth-order valence-corrected chi connectivity index (χ4v) is 2.96. The molecular formula is C14H20N2O3S. The van der Waals surface area contributed by atoms with Crippen LogP contribution in [-0.2, 0) is 10.0 Å². The van der Waals surface area contributed by atoms with Crippen LogP contribution in [0.5, 0.6) is 0 Å². The van der Waals surface area contributed by atoms with Crippen LogP contribution in [0.4, 0.5) is 5.69 Å². The maximum Gasteiger partial charge on any atom is 0.253 e. The second kappa shape index (κ2) is 5.83. The summed E-state index contributed by atoms with van der Waals surface area (Å²) in [5, 5.41) is 0. The number of likely N-dealkylation sites (tertiary alicyclic amines) is 1. The van der Waals surface area contributed by atoms with E-state index in [1.165, 1.54) is 6.42 Å². The molecule has 0 saturated carbocycles. The number of hydrogen-bond acceptors (Lipinski definition) is 3. The molecule has 6 heteroatoms. The molecule has 110 valence electrons. The van der Waals surface area contributed by atoms with Crippen molar-refractivity contribution in [1.82, 2.24) is 4.90 Å². The Bertz CT molecular complexity index is 605. The van der Waals surface area contributed by atoms with Gasteiger partial charge in [0.05, 0.1) is 11.9 Å². The number of carbonyl (C=O) groups excluding carboxylic acids is 1. The lowest BCUT2D eigenvalue weighted by Crippen LogP contribution is -2.35. The molecule has 1 aromatic carbocycles. The molecule has 0 aliphatic carbocycles. The van der Waals surface area contributed by atoms with Crippen LogP contribution in [-0.4, -0.2) is 38.6 Å². The first-order valence-corrected chi connectivity index (χ1v) is 8.64. The van der Waals surface area contributed by atoms with Gasteiger partial charge >= 0.3 is 0 Å². The van der Waals surface area contributed by atoms with Gasteiger partial charge in [0.2, 0.25) is 10.0 Å². The maximum absolute atomic E-state index is 12.4. The lowest BCUT2D eigenvalue weighted by atomic mass is 10.1. The monoisotopic (exact) mass is 296 g/mol. The van der Waals surface area contributed by atoms with E-state index in [9.17, 15) is 13.2 Å². The molecule has 1 amide bonds. The molecule has 20 heavy (non-hydrogen) atoms. The summed E-state index contributed by atoms with van der Waals surface area (Å²) in [6.07, 6.45) is 4.34. The Kier molecular flexibility index (Phi) is 4.32. The average molecular weight is 296 g/mol. The van der Waals surface area contributed by atoms with Crippen molar-refractivity contribution in [2.75, 3.05) is 24.1 Å². The van der Waals surface area contributed by atoms with E-state index < -0.39 is 10.0 Å². The molecule has 0 atom stereocenters. The summed E-state index contributed by atoms with van der Waals surface area (Å²) in [4.78, 5) is 14.2. The Hall–Kier alpha value is -1.56. The van der Waals surface area contributed by atoms with Gasteiger partial charge in [0.15, 0.2) is 0 Å². The first-order valence-electron chi connectivity index (χ1n) is 6.74. The fraction of sp³-hybridized carbons (Fsp3) is 0.500. The van der Waals surface area contributed by atoms with Crippen molar-refractivity contribution in [2.24, 2.45) is 0 Å². The number of aryl methyl sites for hydroxylation is 1. The summed E-state index contributed by atoms with van der Waals surface area (Å²) in [5.41, 5.74) is 1.80. The minimum absolute atomic E-state index is 0.0266. The molecule has 1 aromatic rings. The first kappa shape index (κ1) is 14.8. The van der Waals surface area contributed by atoms with Crippen molar-refractivity contribution in [1.29, 1.82) is 0 Å². The number of hydrogen-bond donors (Lipinski definition) is 1. The van der Waals surface area contributed by atoms with Gasteiger partial charge in [0, 0.05) is 18.7 Å². The van der Waals surface area contributed by atoms with Crippen molar-refractivity contribution >= 4 is 21.6 Å². The third kappa shape index (κ3) is 3.72. The predicted molar refractivity (Wildman–Crippen MR) is 79.4 cm³/mol. The number of rotatable bonds is 3.